The zero-order chi connectivity index (χ0) is 23.1. The van der Waals surface area contributed by atoms with Crippen molar-refractivity contribution in [3.05, 3.63) is 78.0 Å². The number of benzene rings is 1. The fourth-order valence-electron chi connectivity index (χ4n) is 4.97. The summed E-state index contributed by atoms with van der Waals surface area (Å²) >= 11 is 0. The molecular formula is C26H27N5O2. The van der Waals surface area contributed by atoms with Gasteiger partial charge in [-0.05, 0) is 43.8 Å². The highest BCUT2D eigenvalue weighted by atomic mass is 16.5. The second-order valence-corrected chi connectivity index (χ2v) is 8.33. The molecule has 3 aromatic rings. The molecule has 0 bridgehead atoms. The second-order valence-electron chi connectivity index (χ2n) is 8.33. The molecule has 7 nitrogen and oxygen atoms in total. The maximum atomic E-state index is 6.57. The Balaban J connectivity index is 1.69. The van der Waals surface area contributed by atoms with Gasteiger partial charge >= 0.3 is 0 Å². The number of rotatable bonds is 5. The van der Waals surface area contributed by atoms with Gasteiger partial charge in [-0.15, -0.1) is 0 Å². The molecule has 7 heteroatoms. The van der Waals surface area contributed by atoms with Crippen molar-refractivity contribution in [2.24, 2.45) is 16.8 Å². The topological polar surface area (TPSA) is 101 Å². The van der Waals surface area contributed by atoms with E-state index >= 15 is 0 Å². The number of aromatic amines is 1. The normalized spacial score (nSPS) is 19.8. The number of nitrogens with zero attached hydrogens (tertiary/aromatic N) is 2. The van der Waals surface area contributed by atoms with Crippen LogP contribution in [0.1, 0.15) is 17.0 Å². The summed E-state index contributed by atoms with van der Waals surface area (Å²) in [5.74, 6) is 2.33. The summed E-state index contributed by atoms with van der Waals surface area (Å²) in [7, 11) is 1.66. The lowest BCUT2D eigenvalue weighted by molar-refractivity contribution is 0.393. The highest BCUT2D eigenvalue weighted by Gasteiger charge is 2.32. The molecule has 4 N–H and O–H groups in total. The number of aliphatic imine (C=N–C) groups is 1. The number of ether oxygens (including phenoxy) is 1. The third-order valence-electron chi connectivity index (χ3n) is 6.45. The zero-order valence-electron chi connectivity index (χ0n) is 19.0. The summed E-state index contributed by atoms with van der Waals surface area (Å²) in [6, 6.07) is 4.05. The van der Waals surface area contributed by atoms with E-state index in [1.54, 1.807) is 13.3 Å². The number of methoxy groups -OCH3 is 1. The van der Waals surface area contributed by atoms with Gasteiger partial charge in [0.2, 0.25) is 0 Å². The van der Waals surface area contributed by atoms with E-state index in [2.05, 4.69) is 46.3 Å². The van der Waals surface area contributed by atoms with Crippen molar-refractivity contribution in [2.45, 2.75) is 13.8 Å². The van der Waals surface area contributed by atoms with E-state index in [1.807, 2.05) is 32.2 Å². The lowest BCUT2D eigenvalue weighted by atomic mass is 9.76. The van der Waals surface area contributed by atoms with Crippen molar-refractivity contribution >= 4 is 22.4 Å². The largest absolute Gasteiger partial charge is 0.496 e. The molecule has 0 spiro atoms. The molecule has 2 atom stereocenters. The Hall–Kier alpha value is -4.00. The van der Waals surface area contributed by atoms with E-state index < -0.39 is 0 Å². The van der Waals surface area contributed by atoms with Gasteiger partial charge in [-0.3, -0.25) is 4.99 Å². The standard InChI is InChI=1S/C26H27N5O2/c1-5-29-25(17-8-6-7-16-9-10-28-13-20(16)17)24-18-12-22(32-4)19(11-21(18)30-26(24)27)23-14(2)31-33-15(23)3/h5-12,17,20,28,30H,1,13,27H2,2-4H3/b29-25-. The van der Waals surface area contributed by atoms with E-state index in [4.69, 9.17) is 20.0 Å². The van der Waals surface area contributed by atoms with Crippen LogP contribution in [0.15, 0.2) is 70.5 Å². The van der Waals surface area contributed by atoms with E-state index in [9.17, 15) is 0 Å². The molecule has 33 heavy (non-hydrogen) atoms. The number of H-pyrrole nitrogens is 1. The van der Waals surface area contributed by atoms with Gasteiger partial charge in [0.05, 0.1) is 24.1 Å². The number of nitrogens with one attached hydrogen (secondary N) is 2. The number of nitrogens with two attached hydrogens (primary N) is 1. The lowest BCUT2D eigenvalue weighted by Crippen LogP contribution is -2.35. The number of hydrogen-bond acceptors (Lipinski definition) is 6. The quantitative estimate of drug-likeness (QED) is 0.493. The van der Waals surface area contributed by atoms with Crippen molar-refractivity contribution in [2.75, 3.05) is 19.4 Å². The van der Waals surface area contributed by atoms with E-state index in [1.165, 1.54) is 5.57 Å². The Labute approximate surface area is 192 Å². The second kappa shape index (κ2) is 8.16. The van der Waals surface area contributed by atoms with Gasteiger partial charge in [-0.1, -0.05) is 30.0 Å². The number of anilines is 1. The average molecular weight is 442 g/mol. The maximum Gasteiger partial charge on any atom is 0.141 e. The van der Waals surface area contributed by atoms with Gasteiger partial charge in [-0.2, -0.15) is 0 Å². The highest BCUT2D eigenvalue weighted by Crippen LogP contribution is 2.41. The summed E-state index contributed by atoms with van der Waals surface area (Å²) < 4.78 is 11.2. The van der Waals surface area contributed by atoms with Crippen LogP contribution >= 0.6 is 0 Å². The van der Waals surface area contributed by atoms with E-state index in [0.29, 0.717) is 5.82 Å². The van der Waals surface area contributed by atoms with Crippen molar-refractivity contribution < 1.29 is 9.26 Å². The molecule has 0 fully saturated rings. The number of allylic oxidation sites excluding steroid dienone is 4. The summed E-state index contributed by atoms with van der Waals surface area (Å²) in [6.07, 6.45) is 12.1. The third kappa shape index (κ3) is 3.36. The summed E-state index contributed by atoms with van der Waals surface area (Å²) in [6.45, 7) is 8.52. The first-order valence-corrected chi connectivity index (χ1v) is 10.9. The van der Waals surface area contributed by atoms with Gasteiger partial charge in [0.15, 0.2) is 0 Å². The third-order valence-corrected chi connectivity index (χ3v) is 6.45. The summed E-state index contributed by atoms with van der Waals surface area (Å²) in [5.41, 5.74) is 13.1. The number of fused-ring (bicyclic) bond motifs is 2. The van der Waals surface area contributed by atoms with E-state index in [0.717, 1.165) is 57.1 Å². The van der Waals surface area contributed by atoms with Crippen LogP contribution in [0.2, 0.25) is 0 Å². The minimum atomic E-state index is 0.0509. The van der Waals surface area contributed by atoms with Crippen molar-refractivity contribution in [1.29, 1.82) is 0 Å². The van der Waals surface area contributed by atoms with Crippen LogP contribution < -0.4 is 15.8 Å². The fourth-order valence-corrected chi connectivity index (χ4v) is 4.97. The Morgan fingerprint density at radius 3 is 2.94 bits per heavy atom. The van der Waals surface area contributed by atoms with Crippen molar-refractivity contribution in [3.63, 3.8) is 0 Å². The molecule has 2 aromatic heterocycles. The molecule has 0 radical (unpaired) electrons. The Morgan fingerprint density at radius 1 is 1.36 bits per heavy atom. The molecule has 3 heterocycles. The van der Waals surface area contributed by atoms with Crippen molar-refractivity contribution in [1.82, 2.24) is 15.5 Å². The van der Waals surface area contributed by atoms with Crippen LogP contribution in [-0.4, -0.2) is 29.5 Å². The van der Waals surface area contributed by atoms with Crippen LogP contribution in [0, 0.1) is 25.7 Å². The predicted octanol–water partition coefficient (Wildman–Crippen LogP) is 4.81. The van der Waals surface area contributed by atoms with Crippen molar-refractivity contribution in [3.8, 4) is 16.9 Å². The first kappa shape index (κ1) is 20.9. The molecule has 1 aliphatic carbocycles. The SMILES string of the molecule is C=C/N=C(\c1c(N)[nH]c2cc(-c3c(C)noc3C)c(OC)cc12)C1C=CC=C2C=CNCC21. The monoisotopic (exact) mass is 441 g/mol. The van der Waals surface area contributed by atoms with Crippen LogP contribution in [0.3, 0.4) is 0 Å². The molecule has 0 saturated heterocycles. The van der Waals surface area contributed by atoms with Gasteiger partial charge < -0.3 is 25.3 Å². The summed E-state index contributed by atoms with van der Waals surface area (Å²) in [4.78, 5) is 8.09. The first-order chi connectivity index (χ1) is 16.0. The molecule has 1 aromatic carbocycles. The van der Waals surface area contributed by atoms with E-state index in [-0.39, 0.29) is 11.8 Å². The molecule has 5 rings (SSSR count). The number of nitrogen functional groups attached to an aromatic ring is 1. The number of aromatic nitrogens is 2. The van der Waals surface area contributed by atoms with Crippen LogP contribution in [0.25, 0.3) is 22.0 Å². The zero-order valence-corrected chi connectivity index (χ0v) is 19.0. The Morgan fingerprint density at radius 2 is 2.21 bits per heavy atom. The van der Waals surface area contributed by atoms with Gasteiger partial charge in [-0.25, -0.2) is 0 Å². The Bertz CT molecular complexity index is 1350. The predicted molar refractivity (Wildman–Crippen MR) is 132 cm³/mol. The first-order valence-electron chi connectivity index (χ1n) is 10.9. The molecule has 2 unspecified atom stereocenters. The van der Waals surface area contributed by atoms with Gasteiger partial charge in [0.25, 0.3) is 0 Å². The number of aryl methyl sites for hydroxylation is 2. The lowest BCUT2D eigenvalue weighted by Gasteiger charge is -2.32. The van der Waals surface area contributed by atoms with Crippen LogP contribution in [0.4, 0.5) is 5.82 Å². The minimum absolute atomic E-state index is 0.0509. The summed E-state index contributed by atoms with van der Waals surface area (Å²) in [5, 5.41) is 8.40. The van der Waals surface area contributed by atoms with Crippen LogP contribution in [0.5, 0.6) is 5.75 Å². The molecular weight excluding hydrogens is 414 g/mol. The smallest absolute Gasteiger partial charge is 0.141 e. The average Bonchev–Trinajstić information content (AvgIpc) is 3.33. The fraction of sp³-hybridized carbons (Fsp3) is 0.231. The Kier molecular flexibility index (Phi) is 5.17. The molecule has 0 saturated carbocycles. The molecule has 1 aliphatic heterocycles. The molecule has 168 valence electrons. The van der Waals surface area contributed by atoms with Gasteiger partial charge in [0.1, 0.15) is 17.3 Å². The number of hydrogen-bond donors (Lipinski definition) is 3. The van der Waals surface area contributed by atoms with Gasteiger partial charge in [0, 0.05) is 46.6 Å². The minimum Gasteiger partial charge on any atom is -0.496 e. The molecule has 0 amide bonds. The maximum absolute atomic E-state index is 6.57. The van der Waals surface area contributed by atoms with Crippen LogP contribution in [-0.2, 0) is 0 Å². The molecule has 2 aliphatic rings. The highest BCUT2D eigenvalue weighted by molar-refractivity contribution is 6.17.